The minimum Gasteiger partial charge on any atom is -0.349 e. The van der Waals surface area contributed by atoms with Crippen molar-refractivity contribution in [3.05, 3.63) is 34.4 Å². The molecule has 1 aliphatic carbocycles. The quantitative estimate of drug-likeness (QED) is 0.607. The number of fused-ring (bicyclic) bond motifs is 1. The molecular weight excluding hydrogens is 304 g/mol. The molecule has 0 radical (unpaired) electrons. The van der Waals surface area contributed by atoms with Gasteiger partial charge in [-0.1, -0.05) is 18.9 Å². The number of hydrogen-bond acceptors (Lipinski definition) is 2. The van der Waals surface area contributed by atoms with Crippen molar-refractivity contribution < 1.29 is 4.79 Å². The predicted octanol–water partition coefficient (Wildman–Crippen LogP) is 4.05. The van der Waals surface area contributed by atoms with Crippen molar-refractivity contribution in [1.29, 1.82) is 0 Å². The molecule has 3 rings (SSSR count). The van der Waals surface area contributed by atoms with Crippen LogP contribution in [0.4, 0.5) is 0 Å². The van der Waals surface area contributed by atoms with Crippen LogP contribution in [0.5, 0.6) is 0 Å². The van der Waals surface area contributed by atoms with E-state index in [1.165, 1.54) is 10.9 Å². The van der Waals surface area contributed by atoms with Crippen LogP contribution in [0.3, 0.4) is 0 Å². The summed E-state index contributed by atoms with van der Waals surface area (Å²) in [6.07, 6.45) is 7.96. The van der Waals surface area contributed by atoms with Crippen LogP contribution in [0.25, 0.3) is 10.9 Å². The zero-order chi connectivity index (χ0) is 13.5. The molecule has 1 aromatic heterocycles. The van der Waals surface area contributed by atoms with E-state index in [2.05, 4.69) is 49.9 Å². The lowest BCUT2D eigenvalue weighted by molar-refractivity contribution is 0.456. The first-order valence-corrected chi connectivity index (χ1v) is 7.30. The van der Waals surface area contributed by atoms with Crippen molar-refractivity contribution in [2.45, 2.75) is 31.2 Å². The molecule has 0 unspecified atom stereocenters. The van der Waals surface area contributed by atoms with E-state index in [4.69, 9.17) is 0 Å². The summed E-state index contributed by atoms with van der Waals surface area (Å²) >= 11 is 3.59. The predicted molar refractivity (Wildman–Crippen MR) is 78.9 cm³/mol. The Kier molecular flexibility index (Phi) is 3.08. The molecule has 4 heteroatoms. The summed E-state index contributed by atoms with van der Waals surface area (Å²) in [7, 11) is 2.03. The smallest absolute Gasteiger partial charge is 0.235 e. The number of aromatic nitrogens is 1. The third-order valence-electron chi connectivity index (χ3n) is 4.17. The van der Waals surface area contributed by atoms with Gasteiger partial charge in [-0.3, -0.25) is 0 Å². The molecule has 1 saturated carbocycles. The Morgan fingerprint density at radius 3 is 2.79 bits per heavy atom. The lowest BCUT2D eigenvalue weighted by atomic mass is 9.88. The second-order valence-corrected chi connectivity index (χ2v) is 6.12. The van der Waals surface area contributed by atoms with E-state index < -0.39 is 0 Å². The maximum Gasteiger partial charge on any atom is 0.235 e. The van der Waals surface area contributed by atoms with Crippen LogP contribution in [-0.2, 0) is 17.4 Å². The van der Waals surface area contributed by atoms with E-state index in [-0.39, 0.29) is 5.54 Å². The third kappa shape index (κ3) is 1.96. The van der Waals surface area contributed by atoms with E-state index >= 15 is 0 Å². The first kappa shape index (κ1) is 12.6. The van der Waals surface area contributed by atoms with Crippen molar-refractivity contribution in [3.8, 4) is 0 Å². The van der Waals surface area contributed by atoms with Gasteiger partial charge in [-0.25, -0.2) is 4.79 Å². The lowest BCUT2D eigenvalue weighted by Crippen LogP contribution is -2.18. The molecule has 3 nitrogen and oxygen atoms in total. The number of benzene rings is 1. The maximum atomic E-state index is 10.8. The standard InChI is InChI=1S/C15H15BrN2O/c1-18-9-13(16)12-8-11(4-5-14(12)18)15(17-10-19)6-2-3-7-15/h4-5,8-9H,2-3,6-7H2,1H3. The topological polar surface area (TPSA) is 34.4 Å². The second kappa shape index (κ2) is 4.62. The number of carbonyl (C=O) groups excluding carboxylic acids is 1. The monoisotopic (exact) mass is 318 g/mol. The van der Waals surface area contributed by atoms with E-state index in [9.17, 15) is 4.79 Å². The van der Waals surface area contributed by atoms with Crippen molar-refractivity contribution in [2.24, 2.45) is 12.0 Å². The zero-order valence-corrected chi connectivity index (χ0v) is 12.4. The van der Waals surface area contributed by atoms with Gasteiger partial charge >= 0.3 is 0 Å². The molecule has 0 bridgehead atoms. The molecule has 0 atom stereocenters. The van der Waals surface area contributed by atoms with Crippen molar-refractivity contribution in [3.63, 3.8) is 0 Å². The molecule has 1 aliphatic rings. The highest BCUT2D eigenvalue weighted by atomic mass is 79.9. The third-order valence-corrected chi connectivity index (χ3v) is 4.80. The van der Waals surface area contributed by atoms with Gasteiger partial charge in [0.25, 0.3) is 0 Å². The van der Waals surface area contributed by atoms with Gasteiger partial charge in [0.1, 0.15) is 0 Å². The molecule has 0 amide bonds. The fourth-order valence-electron chi connectivity index (χ4n) is 3.15. The fourth-order valence-corrected chi connectivity index (χ4v) is 3.77. The van der Waals surface area contributed by atoms with Crippen LogP contribution in [0.15, 0.2) is 33.9 Å². The second-order valence-electron chi connectivity index (χ2n) is 5.26. The van der Waals surface area contributed by atoms with E-state index in [1.54, 1.807) is 6.08 Å². The van der Waals surface area contributed by atoms with Crippen LogP contribution < -0.4 is 0 Å². The molecule has 1 heterocycles. The summed E-state index contributed by atoms with van der Waals surface area (Å²) < 4.78 is 3.17. The minimum atomic E-state index is -0.342. The molecular formula is C15H15BrN2O. The maximum absolute atomic E-state index is 10.8. The van der Waals surface area contributed by atoms with Crippen LogP contribution in [-0.4, -0.2) is 10.6 Å². The van der Waals surface area contributed by atoms with Crippen molar-refractivity contribution in [2.75, 3.05) is 0 Å². The van der Waals surface area contributed by atoms with E-state index in [1.807, 2.05) is 7.05 Å². The Labute approximate surface area is 120 Å². The molecule has 0 spiro atoms. The molecule has 19 heavy (non-hydrogen) atoms. The Hall–Kier alpha value is -1.38. The minimum absolute atomic E-state index is 0.342. The Morgan fingerprint density at radius 1 is 1.37 bits per heavy atom. The molecule has 1 fully saturated rings. The molecule has 1 aromatic carbocycles. The number of nitrogens with zero attached hydrogens (tertiary/aromatic N) is 2. The Balaban J connectivity index is 2.19. The van der Waals surface area contributed by atoms with Gasteiger partial charge in [0, 0.05) is 28.6 Å². The van der Waals surface area contributed by atoms with Crippen molar-refractivity contribution >= 4 is 32.9 Å². The summed E-state index contributed by atoms with van der Waals surface area (Å²) in [5.41, 5.74) is 1.97. The largest absolute Gasteiger partial charge is 0.349 e. The lowest BCUT2D eigenvalue weighted by Gasteiger charge is -2.23. The highest BCUT2D eigenvalue weighted by molar-refractivity contribution is 9.10. The molecule has 0 saturated heterocycles. The molecule has 0 aliphatic heterocycles. The SMILES string of the molecule is Cn1cc(Br)c2cc(C3(N=C=O)CCCC3)ccc21. The van der Waals surface area contributed by atoms with Crippen LogP contribution >= 0.6 is 15.9 Å². The van der Waals surface area contributed by atoms with Gasteiger partial charge in [0.2, 0.25) is 6.08 Å². The van der Waals surface area contributed by atoms with Gasteiger partial charge in [-0.15, -0.1) is 0 Å². The average molecular weight is 319 g/mol. The number of aryl methyl sites for hydroxylation is 1. The van der Waals surface area contributed by atoms with Crippen molar-refractivity contribution in [1.82, 2.24) is 4.57 Å². The van der Waals surface area contributed by atoms with Gasteiger partial charge in [-0.2, -0.15) is 4.99 Å². The molecule has 98 valence electrons. The van der Waals surface area contributed by atoms with Gasteiger partial charge in [-0.05, 0) is 46.5 Å². The summed E-state index contributed by atoms with van der Waals surface area (Å²) in [4.78, 5) is 14.9. The Bertz CT molecular complexity index is 677. The molecule has 0 N–H and O–H groups in total. The summed E-state index contributed by atoms with van der Waals surface area (Å²) in [6.45, 7) is 0. The van der Waals surface area contributed by atoms with Crippen LogP contribution in [0, 0.1) is 0 Å². The average Bonchev–Trinajstić information content (AvgIpc) is 2.97. The number of hydrogen-bond donors (Lipinski definition) is 0. The zero-order valence-electron chi connectivity index (χ0n) is 10.8. The van der Waals surface area contributed by atoms with E-state index in [0.29, 0.717) is 0 Å². The van der Waals surface area contributed by atoms with Gasteiger partial charge in [0.05, 0.1) is 5.54 Å². The first-order chi connectivity index (χ1) is 9.16. The highest BCUT2D eigenvalue weighted by Gasteiger charge is 2.35. The van der Waals surface area contributed by atoms with E-state index in [0.717, 1.165) is 35.7 Å². The summed E-state index contributed by atoms with van der Waals surface area (Å²) in [5.74, 6) is 0. The Morgan fingerprint density at radius 2 is 2.11 bits per heavy atom. The van der Waals surface area contributed by atoms with Gasteiger partial charge in [0.15, 0.2) is 0 Å². The van der Waals surface area contributed by atoms with Crippen LogP contribution in [0.1, 0.15) is 31.2 Å². The number of aliphatic imine (C=N–C) groups is 1. The number of rotatable bonds is 2. The summed E-state index contributed by atoms with van der Waals surface area (Å²) in [5, 5.41) is 1.17. The van der Waals surface area contributed by atoms with Gasteiger partial charge < -0.3 is 4.57 Å². The highest BCUT2D eigenvalue weighted by Crippen LogP contribution is 2.43. The molecule has 2 aromatic rings. The number of halogens is 1. The number of isocyanates is 1. The first-order valence-electron chi connectivity index (χ1n) is 6.50. The summed E-state index contributed by atoms with van der Waals surface area (Å²) in [6, 6.07) is 6.36. The normalized spacial score (nSPS) is 17.6. The van der Waals surface area contributed by atoms with Crippen LogP contribution in [0.2, 0.25) is 0 Å². The fraction of sp³-hybridized carbons (Fsp3) is 0.400.